The molecule has 1 heterocycles. The quantitative estimate of drug-likeness (QED) is 0.108. The zero-order valence-electron chi connectivity index (χ0n) is 27.7. The summed E-state index contributed by atoms with van der Waals surface area (Å²) in [5.74, 6) is 0.155. The minimum Gasteiger partial charge on any atom is -0.478 e. The Labute approximate surface area is 269 Å². The summed E-state index contributed by atoms with van der Waals surface area (Å²) >= 11 is 0. The molecule has 4 rings (SSSR count). The average molecular weight is 609 g/mol. The number of aromatic carboxylic acids is 1. The molecule has 0 aliphatic rings. The summed E-state index contributed by atoms with van der Waals surface area (Å²) in [5, 5.41) is 9.69. The van der Waals surface area contributed by atoms with E-state index >= 15 is 0 Å². The van der Waals surface area contributed by atoms with E-state index in [0.29, 0.717) is 12.1 Å². The Morgan fingerprint density at radius 1 is 0.711 bits per heavy atom. The van der Waals surface area contributed by atoms with Crippen molar-refractivity contribution in [3.05, 3.63) is 99.0 Å². The van der Waals surface area contributed by atoms with Crippen LogP contribution in [0.1, 0.15) is 131 Å². The van der Waals surface area contributed by atoms with Gasteiger partial charge >= 0.3 is 5.97 Å². The number of benzene rings is 2. The van der Waals surface area contributed by atoms with Gasteiger partial charge in [0.25, 0.3) is 0 Å². The first-order valence-corrected chi connectivity index (χ1v) is 17.4. The molecule has 0 unspecified atom stereocenters. The molecule has 0 radical (unpaired) electrons. The molecule has 0 aliphatic heterocycles. The largest absolute Gasteiger partial charge is 0.478 e. The Morgan fingerprint density at radius 2 is 1.29 bits per heavy atom. The topological polar surface area (TPSA) is 72.2 Å². The summed E-state index contributed by atoms with van der Waals surface area (Å²) in [7, 11) is 0. The second-order valence-corrected chi connectivity index (χ2v) is 12.5. The summed E-state index contributed by atoms with van der Waals surface area (Å²) in [5.41, 5.74) is 7.04. The first kappa shape index (κ1) is 34.1. The lowest BCUT2D eigenvalue weighted by Gasteiger charge is -2.11. The Hall–Kier alpha value is -3.73. The third-order valence-electron chi connectivity index (χ3n) is 8.94. The van der Waals surface area contributed by atoms with Crippen LogP contribution in [0.3, 0.4) is 0 Å². The third-order valence-corrected chi connectivity index (χ3v) is 8.94. The van der Waals surface area contributed by atoms with Crippen molar-refractivity contribution < 1.29 is 9.90 Å². The van der Waals surface area contributed by atoms with Gasteiger partial charge in [0.05, 0.1) is 16.6 Å². The molecule has 5 nitrogen and oxygen atoms in total. The number of hydrogen-bond acceptors (Lipinski definition) is 3. The number of aryl methyl sites for hydroxylation is 3. The van der Waals surface area contributed by atoms with Crippen molar-refractivity contribution in [3.63, 3.8) is 0 Å². The fourth-order valence-corrected chi connectivity index (χ4v) is 6.29. The first-order valence-electron chi connectivity index (χ1n) is 17.4. The zero-order chi connectivity index (χ0) is 32.0. The van der Waals surface area contributed by atoms with Crippen molar-refractivity contribution in [1.82, 2.24) is 9.55 Å². The van der Waals surface area contributed by atoms with E-state index in [9.17, 15) is 14.7 Å². The van der Waals surface area contributed by atoms with E-state index < -0.39 is 5.97 Å². The number of unbranched alkanes of at least 4 members (excludes halogenated alkanes) is 9. The van der Waals surface area contributed by atoms with E-state index in [1.807, 2.05) is 24.3 Å². The second kappa shape index (κ2) is 17.7. The number of aromatic nitrogens is 2. The summed E-state index contributed by atoms with van der Waals surface area (Å²) < 4.78 is 2.33. The molecule has 0 amide bonds. The van der Waals surface area contributed by atoms with Gasteiger partial charge in [-0.3, -0.25) is 4.79 Å². The molecule has 0 atom stereocenters. The minimum atomic E-state index is -0.923. The monoisotopic (exact) mass is 608 g/mol. The van der Waals surface area contributed by atoms with Crippen molar-refractivity contribution in [2.45, 2.75) is 124 Å². The van der Waals surface area contributed by atoms with Gasteiger partial charge in [0.1, 0.15) is 5.82 Å². The molecule has 0 spiro atoms. The highest BCUT2D eigenvalue weighted by atomic mass is 16.4. The molecule has 240 valence electrons. The maximum atomic E-state index is 13.9. The number of carbonyl (C=O) groups is 1. The van der Waals surface area contributed by atoms with Crippen molar-refractivity contribution in [3.8, 4) is 11.1 Å². The fraction of sp³-hybridized carbons (Fsp3) is 0.475. The molecule has 0 aliphatic carbocycles. The molecule has 1 N–H and O–H groups in total. The highest BCUT2D eigenvalue weighted by molar-refractivity contribution is 5.96. The lowest BCUT2D eigenvalue weighted by atomic mass is 9.99. The first-order chi connectivity index (χ1) is 22.0. The number of fused-ring (bicyclic) bond motifs is 1. The molecular weight excluding hydrogens is 556 g/mol. The summed E-state index contributed by atoms with van der Waals surface area (Å²) in [6, 6.07) is 19.6. The Morgan fingerprint density at radius 3 is 1.89 bits per heavy atom. The fourth-order valence-electron chi connectivity index (χ4n) is 6.29. The van der Waals surface area contributed by atoms with Crippen LogP contribution in [-0.4, -0.2) is 20.6 Å². The second-order valence-electron chi connectivity index (χ2n) is 12.5. The molecule has 0 saturated heterocycles. The van der Waals surface area contributed by atoms with Gasteiger partial charge in [-0.05, 0) is 67.0 Å². The van der Waals surface area contributed by atoms with Crippen LogP contribution in [-0.2, 0) is 25.8 Å². The number of imidazole rings is 1. The number of nitrogens with zero attached hydrogens (tertiary/aromatic N) is 2. The van der Waals surface area contributed by atoms with E-state index in [2.05, 4.69) is 49.6 Å². The molecule has 4 aromatic rings. The van der Waals surface area contributed by atoms with Crippen LogP contribution in [0.5, 0.6) is 0 Å². The number of carboxylic acids is 1. The van der Waals surface area contributed by atoms with Crippen LogP contribution >= 0.6 is 0 Å². The average Bonchev–Trinajstić information content (AvgIpc) is 3.29. The third kappa shape index (κ3) is 9.39. The summed E-state index contributed by atoms with van der Waals surface area (Å²) in [4.78, 5) is 30.9. The van der Waals surface area contributed by atoms with Crippen molar-refractivity contribution in [1.29, 1.82) is 0 Å². The molecule has 5 heteroatoms. The highest BCUT2D eigenvalue weighted by Crippen LogP contribution is 2.26. The van der Waals surface area contributed by atoms with Crippen molar-refractivity contribution >= 4 is 17.0 Å². The predicted molar refractivity (Wildman–Crippen MR) is 187 cm³/mol. The zero-order valence-corrected chi connectivity index (χ0v) is 27.7. The van der Waals surface area contributed by atoms with Crippen LogP contribution in [0, 0.1) is 0 Å². The van der Waals surface area contributed by atoms with Crippen LogP contribution < -0.4 is 5.43 Å². The lowest BCUT2D eigenvalue weighted by molar-refractivity contribution is 0.0697. The molecule has 3 aromatic carbocycles. The lowest BCUT2D eigenvalue weighted by Crippen LogP contribution is -2.12. The van der Waals surface area contributed by atoms with Gasteiger partial charge in [0, 0.05) is 24.1 Å². The Balaban J connectivity index is 1.75. The highest BCUT2D eigenvalue weighted by Gasteiger charge is 2.16. The van der Waals surface area contributed by atoms with E-state index in [0.717, 1.165) is 96.0 Å². The number of hydrogen-bond donors (Lipinski definition) is 1. The molecule has 45 heavy (non-hydrogen) atoms. The van der Waals surface area contributed by atoms with Crippen LogP contribution in [0.25, 0.3) is 22.2 Å². The maximum Gasteiger partial charge on any atom is 0.336 e. The Bertz CT molecular complexity index is 1590. The maximum absolute atomic E-state index is 13.9. The molecule has 0 fully saturated rings. The SMILES string of the molecule is CCCCCCc1cc2nc(CCCCCC)n(Cc3ccc(-c4ccccc4C(=O)O)cc3)c2cc(CCCCCC)c1=O. The van der Waals surface area contributed by atoms with Crippen LogP contribution in [0.15, 0.2) is 65.5 Å². The molecular formula is C40H52N2O3. The van der Waals surface area contributed by atoms with E-state index in [1.54, 1.807) is 12.1 Å². The van der Waals surface area contributed by atoms with E-state index in [4.69, 9.17) is 4.98 Å². The Kier molecular flexibility index (Phi) is 13.4. The molecule has 0 saturated carbocycles. The van der Waals surface area contributed by atoms with Gasteiger partial charge in [-0.2, -0.15) is 0 Å². The summed E-state index contributed by atoms with van der Waals surface area (Å²) in [6.07, 6.45) is 16.3. The number of rotatable bonds is 19. The minimum absolute atomic E-state index is 0.207. The van der Waals surface area contributed by atoms with Crippen LogP contribution in [0.2, 0.25) is 0 Å². The van der Waals surface area contributed by atoms with Crippen LogP contribution in [0.4, 0.5) is 0 Å². The van der Waals surface area contributed by atoms with Gasteiger partial charge in [0.2, 0.25) is 0 Å². The van der Waals surface area contributed by atoms with Gasteiger partial charge in [-0.25, -0.2) is 9.78 Å². The number of carboxylic acid groups (broad SMARTS) is 1. The standard InChI is InChI=1S/C40H52N2O3/c1-4-7-10-13-18-32-27-36-37(28-33(39(32)43)19-14-11-8-5-2)42(38(41-36)22-15-12-9-6-3)29-30-23-25-31(26-24-30)34-20-16-17-21-35(34)40(44)45/h16-17,20-21,23-28H,4-15,18-19,22,29H2,1-3H3,(H,44,45). The van der Waals surface area contributed by atoms with E-state index in [1.165, 1.54) is 44.9 Å². The normalized spacial score (nSPS) is 11.4. The van der Waals surface area contributed by atoms with Gasteiger partial charge in [-0.15, -0.1) is 0 Å². The van der Waals surface area contributed by atoms with Crippen molar-refractivity contribution in [2.75, 3.05) is 0 Å². The molecule has 1 aromatic heterocycles. The van der Waals surface area contributed by atoms with Gasteiger partial charge < -0.3 is 9.67 Å². The van der Waals surface area contributed by atoms with E-state index in [-0.39, 0.29) is 5.43 Å². The molecule has 0 bridgehead atoms. The summed E-state index contributed by atoms with van der Waals surface area (Å²) in [6.45, 7) is 7.33. The smallest absolute Gasteiger partial charge is 0.336 e. The van der Waals surface area contributed by atoms with Gasteiger partial charge in [-0.1, -0.05) is 121 Å². The van der Waals surface area contributed by atoms with Crippen molar-refractivity contribution in [2.24, 2.45) is 0 Å². The van der Waals surface area contributed by atoms with Gasteiger partial charge in [0.15, 0.2) is 5.43 Å². The predicted octanol–water partition coefficient (Wildman–Crippen LogP) is 10.2.